The van der Waals surface area contributed by atoms with Crippen molar-refractivity contribution in [2.24, 2.45) is 0 Å². The molecule has 3 nitrogen and oxygen atoms in total. The standard InChI is InChI=1S/C15H15NO2/c1-11-3-5-12(6-4-11)15(17)16-13-7-9-14(18-2)10-8-13/h3-10H,1-2H3,(H,16,17). The molecule has 0 aromatic heterocycles. The summed E-state index contributed by atoms with van der Waals surface area (Å²) in [6, 6.07) is 14.7. The monoisotopic (exact) mass is 241 g/mol. The first-order valence-electron chi connectivity index (χ1n) is 5.71. The van der Waals surface area contributed by atoms with E-state index in [1.807, 2.05) is 55.5 Å². The summed E-state index contributed by atoms with van der Waals surface area (Å²) in [5, 5.41) is 2.83. The van der Waals surface area contributed by atoms with Crippen LogP contribution in [0.5, 0.6) is 5.75 Å². The van der Waals surface area contributed by atoms with Gasteiger partial charge in [0.15, 0.2) is 0 Å². The summed E-state index contributed by atoms with van der Waals surface area (Å²) in [4.78, 5) is 11.9. The van der Waals surface area contributed by atoms with Gasteiger partial charge in [0.2, 0.25) is 0 Å². The van der Waals surface area contributed by atoms with Crippen LogP contribution in [0.25, 0.3) is 0 Å². The highest BCUT2D eigenvalue weighted by atomic mass is 16.5. The van der Waals surface area contributed by atoms with Crippen molar-refractivity contribution in [3.05, 3.63) is 59.7 Å². The van der Waals surface area contributed by atoms with Gasteiger partial charge in [-0.3, -0.25) is 4.79 Å². The van der Waals surface area contributed by atoms with E-state index in [9.17, 15) is 4.79 Å². The maximum Gasteiger partial charge on any atom is 0.255 e. The predicted molar refractivity (Wildman–Crippen MR) is 72.1 cm³/mol. The molecular weight excluding hydrogens is 226 g/mol. The molecule has 0 saturated heterocycles. The van der Waals surface area contributed by atoms with Crippen LogP contribution in [0.4, 0.5) is 5.69 Å². The zero-order valence-corrected chi connectivity index (χ0v) is 10.4. The Kier molecular flexibility index (Phi) is 3.63. The van der Waals surface area contributed by atoms with Gasteiger partial charge in [-0.25, -0.2) is 0 Å². The highest BCUT2D eigenvalue weighted by molar-refractivity contribution is 6.04. The molecule has 0 aliphatic heterocycles. The van der Waals surface area contributed by atoms with Gasteiger partial charge in [0.1, 0.15) is 5.75 Å². The molecule has 18 heavy (non-hydrogen) atoms. The van der Waals surface area contributed by atoms with Crippen LogP contribution in [0.3, 0.4) is 0 Å². The minimum absolute atomic E-state index is 0.111. The summed E-state index contributed by atoms with van der Waals surface area (Å²) in [6.45, 7) is 1.99. The van der Waals surface area contributed by atoms with E-state index in [-0.39, 0.29) is 5.91 Å². The van der Waals surface area contributed by atoms with E-state index in [2.05, 4.69) is 5.32 Å². The Morgan fingerprint density at radius 2 is 1.61 bits per heavy atom. The number of nitrogens with one attached hydrogen (secondary N) is 1. The van der Waals surface area contributed by atoms with Gasteiger partial charge >= 0.3 is 0 Å². The highest BCUT2D eigenvalue weighted by Gasteiger charge is 2.05. The SMILES string of the molecule is COc1ccc(NC(=O)c2ccc(C)cc2)cc1. The summed E-state index contributed by atoms with van der Waals surface area (Å²) in [5.41, 5.74) is 2.54. The Labute approximate surface area is 106 Å². The second-order valence-electron chi connectivity index (χ2n) is 4.05. The van der Waals surface area contributed by atoms with Gasteiger partial charge in [0.05, 0.1) is 7.11 Å². The minimum Gasteiger partial charge on any atom is -0.497 e. The Bertz CT molecular complexity index is 529. The van der Waals surface area contributed by atoms with Crippen molar-refractivity contribution in [2.45, 2.75) is 6.92 Å². The average molecular weight is 241 g/mol. The first-order chi connectivity index (χ1) is 8.69. The van der Waals surface area contributed by atoms with Crippen LogP contribution in [-0.2, 0) is 0 Å². The summed E-state index contributed by atoms with van der Waals surface area (Å²) >= 11 is 0. The first kappa shape index (κ1) is 12.2. The number of benzene rings is 2. The number of ether oxygens (including phenoxy) is 1. The molecule has 0 heterocycles. The lowest BCUT2D eigenvalue weighted by Crippen LogP contribution is -2.11. The Balaban J connectivity index is 2.08. The summed E-state index contributed by atoms with van der Waals surface area (Å²) in [5.74, 6) is 0.656. The van der Waals surface area contributed by atoms with E-state index < -0.39 is 0 Å². The normalized spacial score (nSPS) is 9.89. The lowest BCUT2D eigenvalue weighted by Gasteiger charge is -2.06. The lowest BCUT2D eigenvalue weighted by molar-refractivity contribution is 0.102. The number of carbonyl (C=O) groups is 1. The first-order valence-corrected chi connectivity index (χ1v) is 5.71. The number of aryl methyl sites for hydroxylation is 1. The fraction of sp³-hybridized carbons (Fsp3) is 0.133. The molecule has 0 unspecified atom stereocenters. The number of methoxy groups -OCH3 is 1. The Hall–Kier alpha value is -2.29. The van der Waals surface area contributed by atoms with Gasteiger partial charge in [-0.15, -0.1) is 0 Å². The van der Waals surface area contributed by atoms with Gasteiger partial charge in [0, 0.05) is 11.3 Å². The van der Waals surface area contributed by atoms with Crippen molar-refractivity contribution in [2.75, 3.05) is 12.4 Å². The number of carbonyl (C=O) groups excluding carboxylic acids is 1. The number of rotatable bonds is 3. The van der Waals surface area contributed by atoms with Crippen LogP contribution in [0.15, 0.2) is 48.5 Å². The van der Waals surface area contributed by atoms with Crippen molar-refractivity contribution < 1.29 is 9.53 Å². The van der Waals surface area contributed by atoms with Crippen molar-refractivity contribution in [1.82, 2.24) is 0 Å². The number of anilines is 1. The fourth-order valence-corrected chi connectivity index (χ4v) is 1.58. The van der Waals surface area contributed by atoms with Gasteiger partial charge in [-0.2, -0.15) is 0 Å². The van der Waals surface area contributed by atoms with Crippen molar-refractivity contribution in [3.8, 4) is 5.75 Å². The molecule has 2 aromatic carbocycles. The quantitative estimate of drug-likeness (QED) is 0.895. The number of hydrogen-bond acceptors (Lipinski definition) is 2. The predicted octanol–water partition coefficient (Wildman–Crippen LogP) is 3.26. The van der Waals surface area contributed by atoms with E-state index in [0.717, 1.165) is 17.0 Å². The molecule has 0 saturated carbocycles. The second-order valence-corrected chi connectivity index (χ2v) is 4.05. The van der Waals surface area contributed by atoms with Crippen LogP contribution < -0.4 is 10.1 Å². The third-order valence-corrected chi connectivity index (χ3v) is 2.66. The summed E-state index contributed by atoms with van der Waals surface area (Å²) in [7, 11) is 1.61. The molecule has 1 N–H and O–H groups in total. The molecule has 0 aliphatic carbocycles. The zero-order valence-electron chi connectivity index (χ0n) is 10.4. The molecule has 2 aromatic rings. The van der Waals surface area contributed by atoms with Crippen LogP contribution >= 0.6 is 0 Å². The minimum atomic E-state index is -0.111. The molecule has 92 valence electrons. The van der Waals surface area contributed by atoms with E-state index in [1.54, 1.807) is 7.11 Å². The molecule has 0 aliphatic rings. The van der Waals surface area contributed by atoms with Crippen LogP contribution in [0.1, 0.15) is 15.9 Å². The second kappa shape index (κ2) is 5.36. The molecular formula is C15H15NO2. The van der Waals surface area contributed by atoms with Gasteiger partial charge in [-0.1, -0.05) is 17.7 Å². The lowest BCUT2D eigenvalue weighted by atomic mass is 10.1. The van der Waals surface area contributed by atoms with Crippen molar-refractivity contribution >= 4 is 11.6 Å². The van der Waals surface area contributed by atoms with E-state index in [0.29, 0.717) is 5.56 Å². The molecule has 0 fully saturated rings. The fourth-order valence-electron chi connectivity index (χ4n) is 1.58. The topological polar surface area (TPSA) is 38.3 Å². The maximum atomic E-state index is 11.9. The van der Waals surface area contributed by atoms with E-state index in [1.165, 1.54) is 0 Å². The Morgan fingerprint density at radius 1 is 1.00 bits per heavy atom. The molecule has 0 spiro atoms. The third kappa shape index (κ3) is 2.88. The molecule has 0 atom stereocenters. The van der Waals surface area contributed by atoms with Gasteiger partial charge in [0.25, 0.3) is 5.91 Å². The van der Waals surface area contributed by atoms with E-state index in [4.69, 9.17) is 4.74 Å². The van der Waals surface area contributed by atoms with Gasteiger partial charge in [-0.05, 0) is 43.3 Å². The zero-order chi connectivity index (χ0) is 13.0. The summed E-state index contributed by atoms with van der Waals surface area (Å²) in [6.07, 6.45) is 0. The highest BCUT2D eigenvalue weighted by Crippen LogP contribution is 2.16. The van der Waals surface area contributed by atoms with Crippen LogP contribution in [0.2, 0.25) is 0 Å². The molecule has 3 heteroatoms. The molecule has 1 amide bonds. The summed E-state index contributed by atoms with van der Waals surface area (Å²) < 4.78 is 5.06. The number of amides is 1. The maximum absolute atomic E-state index is 11.9. The van der Waals surface area contributed by atoms with Gasteiger partial charge < -0.3 is 10.1 Å². The number of hydrogen-bond donors (Lipinski definition) is 1. The van der Waals surface area contributed by atoms with E-state index >= 15 is 0 Å². The smallest absolute Gasteiger partial charge is 0.255 e. The molecule has 2 rings (SSSR count). The van der Waals surface area contributed by atoms with Crippen LogP contribution in [-0.4, -0.2) is 13.0 Å². The van der Waals surface area contributed by atoms with Crippen molar-refractivity contribution in [3.63, 3.8) is 0 Å². The van der Waals surface area contributed by atoms with Crippen molar-refractivity contribution in [1.29, 1.82) is 0 Å². The largest absolute Gasteiger partial charge is 0.497 e. The Morgan fingerprint density at radius 3 is 2.17 bits per heavy atom. The average Bonchev–Trinajstić information content (AvgIpc) is 2.40. The third-order valence-electron chi connectivity index (χ3n) is 2.66. The molecule has 0 radical (unpaired) electrons. The van der Waals surface area contributed by atoms with Crippen LogP contribution in [0, 0.1) is 6.92 Å². The molecule has 0 bridgehead atoms.